The first kappa shape index (κ1) is 8.12. The van der Waals surface area contributed by atoms with Gasteiger partial charge in [0.2, 0.25) is 0 Å². The van der Waals surface area contributed by atoms with Crippen LogP contribution in [0.2, 0.25) is 0 Å². The van der Waals surface area contributed by atoms with E-state index in [1.807, 2.05) is 0 Å². The minimum absolute atomic E-state index is 0.363. The van der Waals surface area contributed by atoms with Crippen LogP contribution in [0.1, 0.15) is 20.7 Å². The third-order valence-corrected chi connectivity index (χ3v) is 1.19. The van der Waals surface area contributed by atoms with Crippen LogP contribution in [0.4, 0.5) is 0 Å². The van der Waals surface area contributed by atoms with Gasteiger partial charge >= 0.3 is 11.9 Å². The van der Waals surface area contributed by atoms with Gasteiger partial charge in [-0.1, -0.05) is 0 Å². The zero-order valence-corrected chi connectivity index (χ0v) is 5.76. The molecule has 0 aliphatic rings. The van der Waals surface area contributed by atoms with Crippen LogP contribution in [0.25, 0.3) is 0 Å². The summed E-state index contributed by atoms with van der Waals surface area (Å²) < 4.78 is 0. The molecular weight excluding hydrogens is 164 g/mol. The van der Waals surface area contributed by atoms with Gasteiger partial charge < -0.3 is 10.2 Å². The Labute approximate surface area is 66.5 Å². The number of nitrogens with zero attached hydrogens (tertiary/aromatic N) is 2. The third kappa shape index (κ3) is 1.36. The second-order valence-electron chi connectivity index (χ2n) is 1.93. The van der Waals surface area contributed by atoms with Gasteiger partial charge in [-0.3, -0.25) is 0 Å². The van der Waals surface area contributed by atoms with Gasteiger partial charge in [-0.05, 0) is 0 Å². The highest BCUT2D eigenvalue weighted by Crippen LogP contribution is 2.04. The Morgan fingerprint density at radius 2 is 1.33 bits per heavy atom. The van der Waals surface area contributed by atoms with Crippen LogP contribution in [0.3, 0.4) is 0 Å². The van der Waals surface area contributed by atoms with Gasteiger partial charge in [-0.15, -0.1) is 0 Å². The van der Waals surface area contributed by atoms with Gasteiger partial charge in [0.1, 0.15) is 0 Å². The van der Waals surface area contributed by atoms with Crippen molar-refractivity contribution in [3.05, 3.63) is 23.5 Å². The smallest absolute Gasteiger partial charge is 0.338 e. The molecule has 0 radical (unpaired) electrons. The lowest BCUT2D eigenvalue weighted by atomic mass is 10.2. The summed E-state index contributed by atoms with van der Waals surface area (Å²) in [6.07, 6.45) is 1.79. The van der Waals surface area contributed by atoms with E-state index >= 15 is 0 Å². The number of carboxylic acids is 2. The minimum Gasteiger partial charge on any atom is -0.478 e. The second kappa shape index (κ2) is 2.95. The van der Waals surface area contributed by atoms with Crippen molar-refractivity contribution in [3.63, 3.8) is 0 Å². The standard InChI is InChI=1S/C6H4N2O4/c9-5(10)3-1-7-8-2-4(3)6(11)12/h1-2H,(H,9,10)(H,11,12). The van der Waals surface area contributed by atoms with Crippen LogP contribution in [-0.2, 0) is 0 Å². The largest absolute Gasteiger partial charge is 0.478 e. The van der Waals surface area contributed by atoms with Crippen molar-refractivity contribution < 1.29 is 19.8 Å². The molecule has 0 fully saturated rings. The van der Waals surface area contributed by atoms with Crippen LogP contribution in [-0.4, -0.2) is 32.3 Å². The number of hydrogen-bond donors (Lipinski definition) is 2. The van der Waals surface area contributed by atoms with E-state index in [0.29, 0.717) is 0 Å². The first-order chi connectivity index (χ1) is 5.63. The van der Waals surface area contributed by atoms with Crippen LogP contribution in [0.5, 0.6) is 0 Å². The zero-order valence-electron chi connectivity index (χ0n) is 5.76. The molecule has 6 heteroatoms. The summed E-state index contributed by atoms with van der Waals surface area (Å²) in [5.74, 6) is -2.66. The van der Waals surface area contributed by atoms with E-state index in [1.165, 1.54) is 0 Å². The van der Waals surface area contributed by atoms with Crippen molar-refractivity contribution in [2.24, 2.45) is 0 Å². The first-order valence-corrected chi connectivity index (χ1v) is 2.90. The van der Waals surface area contributed by atoms with Crippen molar-refractivity contribution in [2.75, 3.05) is 0 Å². The summed E-state index contributed by atoms with van der Waals surface area (Å²) in [5, 5.41) is 23.5. The Kier molecular flexibility index (Phi) is 2.00. The molecule has 0 bridgehead atoms. The predicted octanol–water partition coefficient (Wildman–Crippen LogP) is -0.127. The third-order valence-electron chi connectivity index (χ3n) is 1.19. The molecule has 0 spiro atoms. The molecule has 1 rings (SSSR count). The van der Waals surface area contributed by atoms with E-state index in [9.17, 15) is 9.59 Å². The quantitative estimate of drug-likeness (QED) is 0.638. The molecule has 1 aromatic heterocycles. The van der Waals surface area contributed by atoms with E-state index in [2.05, 4.69) is 10.2 Å². The van der Waals surface area contributed by atoms with Gasteiger partial charge in [0.15, 0.2) is 0 Å². The van der Waals surface area contributed by atoms with E-state index in [4.69, 9.17) is 10.2 Å². The van der Waals surface area contributed by atoms with E-state index in [1.54, 1.807) is 0 Å². The highest BCUT2D eigenvalue weighted by molar-refractivity contribution is 6.00. The Bertz CT molecular complexity index is 303. The Morgan fingerprint density at radius 3 is 1.58 bits per heavy atom. The van der Waals surface area contributed by atoms with Crippen molar-refractivity contribution in [2.45, 2.75) is 0 Å². The van der Waals surface area contributed by atoms with Crippen molar-refractivity contribution >= 4 is 11.9 Å². The average Bonchev–Trinajstić information content (AvgIpc) is 2.04. The summed E-state index contributed by atoms with van der Waals surface area (Å²) in [4.78, 5) is 20.8. The molecule has 0 saturated heterocycles. The molecule has 62 valence electrons. The zero-order chi connectivity index (χ0) is 9.14. The molecule has 0 atom stereocenters. The maximum Gasteiger partial charge on any atom is 0.338 e. The van der Waals surface area contributed by atoms with Crippen LogP contribution >= 0.6 is 0 Å². The molecule has 0 aromatic carbocycles. The Morgan fingerprint density at radius 1 is 1.00 bits per heavy atom. The Balaban J connectivity index is 3.27. The SMILES string of the molecule is O=C(O)c1cnncc1C(=O)O. The lowest BCUT2D eigenvalue weighted by molar-refractivity contribution is 0.0650. The molecule has 0 aliphatic heterocycles. The first-order valence-electron chi connectivity index (χ1n) is 2.90. The van der Waals surface area contributed by atoms with Crippen LogP contribution in [0, 0.1) is 0 Å². The molecule has 0 aliphatic carbocycles. The molecular formula is C6H4N2O4. The molecule has 0 unspecified atom stereocenters. The predicted molar refractivity (Wildman–Crippen MR) is 36.0 cm³/mol. The van der Waals surface area contributed by atoms with Crippen LogP contribution in [0.15, 0.2) is 12.4 Å². The maximum atomic E-state index is 10.4. The summed E-state index contributed by atoms with van der Waals surface area (Å²) in [7, 11) is 0. The number of carbonyl (C=O) groups is 2. The Hall–Kier alpha value is -1.98. The molecule has 0 saturated carbocycles. The topological polar surface area (TPSA) is 100 Å². The lowest BCUT2D eigenvalue weighted by Gasteiger charge is -1.96. The monoisotopic (exact) mass is 168 g/mol. The summed E-state index contributed by atoms with van der Waals surface area (Å²) >= 11 is 0. The minimum atomic E-state index is -1.33. The van der Waals surface area contributed by atoms with Crippen molar-refractivity contribution in [1.82, 2.24) is 10.2 Å². The fraction of sp³-hybridized carbons (Fsp3) is 0. The summed E-state index contributed by atoms with van der Waals surface area (Å²) in [6.45, 7) is 0. The van der Waals surface area contributed by atoms with Gasteiger partial charge in [0.05, 0.1) is 23.5 Å². The summed E-state index contributed by atoms with van der Waals surface area (Å²) in [6, 6.07) is 0. The molecule has 0 amide bonds. The van der Waals surface area contributed by atoms with Gasteiger partial charge in [0.25, 0.3) is 0 Å². The van der Waals surface area contributed by atoms with E-state index < -0.39 is 11.9 Å². The van der Waals surface area contributed by atoms with Crippen molar-refractivity contribution in [1.29, 1.82) is 0 Å². The normalized spacial score (nSPS) is 9.33. The highest BCUT2D eigenvalue weighted by Gasteiger charge is 2.15. The van der Waals surface area contributed by atoms with Crippen molar-refractivity contribution in [3.8, 4) is 0 Å². The van der Waals surface area contributed by atoms with E-state index in [-0.39, 0.29) is 11.1 Å². The summed E-state index contributed by atoms with van der Waals surface area (Å²) in [5.41, 5.74) is -0.727. The fourth-order valence-corrected chi connectivity index (χ4v) is 0.662. The number of hydrogen-bond acceptors (Lipinski definition) is 4. The van der Waals surface area contributed by atoms with Gasteiger partial charge in [0, 0.05) is 0 Å². The average molecular weight is 168 g/mol. The van der Waals surface area contributed by atoms with Gasteiger partial charge in [-0.25, -0.2) is 9.59 Å². The number of aromatic carboxylic acids is 2. The van der Waals surface area contributed by atoms with Crippen LogP contribution < -0.4 is 0 Å². The number of rotatable bonds is 2. The van der Waals surface area contributed by atoms with E-state index in [0.717, 1.165) is 12.4 Å². The van der Waals surface area contributed by atoms with Gasteiger partial charge in [-0.2, -0.15) is 10.2 Å². The molecule has 12 heavy (non-hydrogen) atoms. The molecule has 1 aromatic rings. The fourth-order valence-electron chi connectivity index (χ4n) is 0.662. The lowest BCUT2D eigenvalue weighted by Crippen LogP contribution is -2.09. The number of aromatic nitrogens is 2. The number of carboxylic acid groups (broad SMARTS) is 2. The molecule has 1 heterocycles. The second-order valence-corrected chi connectivity index (χ2v) is 1.93. The molecule has 2 N–H and O–H groups in total. The molecule has 6 nitrogen and oxygen atoms in total. The highest BCUT2D eigenvalue weighted by atomic mass is 16.4. The maximum absolute atomic E-state index is 10.4.